The van der Waals surface area contributed by atoms with E-state index in [1.54, 1.807) is 24.1 Å². The standard InChI is InChI=1S/C14H21N3O3/c1-4-5-10(2)17(3)14(20)16-12-7-6-11(15-9-12)8-13(18)19/h6-7,9-10H,4-5,8H2,1-3H3,(H,16,20)(H,18,19). The van der Waals surface area contributed by atoms with Gasteiger partial charge in [-0.15, -0.1) is 0 Å². The lowest BCUT2D eigenvalue weighted by molar-refractivity contribution is -0.136. The average Bonchev–Trinajstić information content (AvgIpc) is 2.39. The highest BCUT2D eigenvalue weighted by Gasteiger charge is 2.15. The van der Waals surface area contributed by atoms with Crippen molar-refractivity contribution in [1.29, 1.82) is 0 Å². The molecule has 2 amide bonds. The molecular formula is C14H21N3O3. The maximum absolute atomic E-state index is 12.0. The van der Waals surface area contributed by atoms with E-state index < -0.39 is 5.97 Å². The molecule has 2 N–H and O–H groups in total. The van der Waals surface area contributed by atoms with E-state index in [9.17, 15) is 9.59 Å². The van der Waals surface area contributed by atoms with Crippen molar-refractivity contribution in [3.05, 3.63) is 24.0 Å². The third-order valence-electron chi connectivity index (χ3n) is 3.10. The minimum Gasteiger partial charge on any atom is -0.481 e. The van der Waals surface area contributed by atoms with Gasteiger partial charge in [-0.1, -0.05) is 13.3 Å². The molecule has 0 aromatic carbocycles. The van der Waals surface area contributed by atoms with Crippen molar-refractivity contribution in [3.63, 3.8) is 0 Å². The van der Waals surface area contributed by atoms with Gasteiger partial charge in [0, 0.05) is 13.1 Å². The highest BCUT2D eigenvalue weighted by molar-refractivity contribution is 5.89. The summed E-state index contributed by atoms with van der Waals surface area (Å²) in [5.74, 6) is -0.928. The number of carbonyl (C=O) groups excluding carboxylic acids is 1. The van der Waals surface area contributed by atoms with Gasteiger partial charge in [0.1, 0.15) is 0 Å². The highest BCUT2D eigenvalue weighted by Crippen LogP contribution is 2.10. The summed E-state index contributed by atoms with van der Waals surface area (Å²) in [6.07, 6.45) is 3.31. The third kappa shape index (κ3) is 4.87. The number of nitrogens with one attached hydrogen (secondary N) is 1. The molecule has 110 valence electrons. The van der Waals surface area contributed by atoms with Crippen LogP contribution in [0.25, 0.3) is 0 Å². The summed E-state index contributed by atoms with van der Waals surface area (Å²) in [7, 11) is 1.75. The molecule has 6 heteroatoms. The number of carboxylic acid groups (broad SMARTS) is 1. The Bertz CT molecular complexity index is 459. The number of urea groups is 1. The van der Waals surface area contributed by atoms with Crippen LogP contribution in [-0.2, 0) is 11.2 Å². The van der Waals surface area contributed by atoms with Gasteiger partial charge < -0.3 is 15.3 Å². The Kier molecular flexibility index (Phi) is 5.96. The SMILES string of the molecule is CCCC(C)N(C)C(=O)Nc1ccc(CC(=O)O)nc1. The van der Waals surface area contributed by atoms with Gasteiger partial charge >= 0.3 is 12.0 Å². The highest BCUT2D eigenvalue weighted by atomic mass is 16.4. The summed E-state index contributed by atoms with van der Waals surface area (Å²) in [6, 6.07) is 3.22. The van der Waals surface area contributed by atoms with Crippen LogP contribution >= 0.6 is 0 Å². The summed E-state index contributed by atoms with van der Waals surface area (Å²) in [5.41, 5.74) is 1.02. The van der Waals surface area contributed by atoms with E-state index >= 15 is 0 Å². The first kappa shape index (κ1) is 15.9. The van der Waals surface area contributed by atoms with E-state index in [0.29, 0.717) is 11.4 Å². The normalized spacial score (nSPS) is 11.8. The summed E-state index contributed by atoms with van der Waals surface area (Å²) >= 11 is 0. The first-order valence-corrected chi connectivity index (χ1v) is 6.64. The van der Waals surface area contributed by atoms with Crippen LogP contribution in [0.3, 0.4) is 0 Å². The van der Waals surface area contributed by atoms with Crippen molar-refractivity contribution < 1.29 is 14.7 Å². The zero-order valence-corrected chi connectivity index (χ0v) is 12.1. The van der Waals surface area contributed by atoms with Gasteiger partial charge in [-0.25, -0.2) is 4.79 Å². The van der Waals surface area contributed by atoms with Gasteiger partial charge in [0.15, 0.2) is 0 Å². The Labute approximate surface area is 118 Å². The van der Waals surface area contributed by atoms with Crippen LogP contribution in [0.1, 0.15) is 32.4 Å². The molecule has 1 atom stereocenters. The van der Waals surface area contributed by atoms with E-state index in [2.05, 4.69) is 17.2 Å². The van der Waals surface area contributed by atoms with Crippen molar-refractivity contribution >= 4 is 17.7 Å². The third-order valence-corrected chi connectivity index (χ3v) is 3.10. The van der Waals surface area contributed by atoms with Crippen molar-refractivity contribution in [1.82, 2.24) is 9.88 Å². The summed E-state index contributed by atoms with van der Waals surface area (Å²) in [5, 5.41) is 11.4. The molecule has 0 aliphatic rings. The van der Waals surface area contributed by atoms with E-state index in [-0.39, 0.29) is 18.5 Å². The van der Waals surface area contributed by atoms with Gasteiger partial charge in [0.25, 0.3) is 0 Å². The number of carboxylic acids is 1. The molecule has 1 heterocycles. The number of hydrogen-bond acceptors (Lipinski definition) is 3. The topological polar surface area (TPSA) is 82.5 Å². The maximum Gasteiger partial charge on any atom is 0.321 e. The molecule has 0 radical (unpaired) electrons. The Balaban J connectivity index is 2.59. The monoisotopic (exact) mass is 279 g/mol. The van der Waals surface area contributed by atoms with E-state index in [4.69, 9.17) is 5.11 Å². The molecule has 0 saturated heterocycles. The zero-order chi connectivity index (χ0) is 15.1. The molecule has 1 unspecified atom stereocenters. The predicted molar refractivity (Wildman–Crippen MR) is 76.7 cm³/mol. The van der Waals surface area contributed by atoms with Crippen LogP contribution in [0.15, 0.2) is 18.3 Å². The second kappa shape index (κ2) is 7.47. The van der Waals surface area contributed by atoms with Crippen molar-refractivity contribution in [3.8, 4) is 0 Å². The number of aromatic nitrogens is 1. The molecular weight excluding hydrogens is 258 g/mol. The number of nitrogens with zero attached hydrogens (tertiary/aromatic N) is 2. The average molecular weight is 279 g/mol. The molecule has 0 bridgehead atoms. The fourth-order valence-electron chi connectivity index (χ4n) is 1.78. The van der Waals surface area contributed by atoms with Crippen molar-refractivity contribution in [2.75, 3.05) is 12.4 Å². The maximum atomic E-state index is 12.0. The molecule has 0 fully saturated rings. The zero-order valence-electron chi connectivity index (χ0n) is 12.1. The lowest BCUT2D eigenvalue weighted by Gasteiger charge is -2.24. The van der Waals surface area contributed by atoms with Crippen molar-refractivity contribution in [2.24, 2.45) is 0 Å². The van der Waals surface area contributed by atoms with Crippen LogP contribution in [0, 0.1) is 0 Å². The Morgan fingerprint density at radius 3 is 2.65 bits per heavy atom. The number of rotatable bonds is 6. The summed E-state index contributed by atoms with van der Waals surface area (Å²) in [6.45, 7) is 4.07. The second-order valence-corrected chi connectivity index (χ2v) is 4.79. The number of anilines is 1. The van der Waals surface area contributed by atoms with Crippen LogP contribution in [-0.4, -0.2) is 40.1 Å². The quantitative estimate of drug-likeness (QED) is 0.837. The predicted octanol–water partition coefficient (Wildman–Crippen LogP) is 2.36. The number of hydrogen-bond donors (Lipinski definition) is 2. The number of amides is 2. The Hall–Kier alpha value is -2.11. The van der Waals surface area contributed by atoms with Crippen LogP contribution in [0.2, 0.25) is 0 Å². The Morgan fingerprint density at radius 2 is 2.15 bits per heavy atom. The minimum absolute atomic E-state index is 0.123. The number of pyridine rings is 1. The van der Waals surface area contributed by atoms with E-state index in [1.807, 2.05) is 6.92 Å². The van der Waals surface area contributed by atoms with Gasteiger partial charge in [-0.2, -0.15) is 0 Å². The largest absolute Gasteiger partial charge is 0.481 e. The molecule has 1 aromatic heterocycles. The molecule has 0 aliphatic carbocycles. The lowest BCUT2D eigenvalue weighted by Crippen LogP contribution is -2.38. The van der Waals surface area contributed by atoms with Gasteiger partial charge in [0.05, 0.1) is 24.0 Å². The smallest absolute Gasteiger partial charge is 0.321 e. The fourth-order valence-corrected chi connectivity index (χ4v) is 1.78. The lowest BCUT2D eigenvalue weighted by atomic mass is 10.2. The first-order valence-electron chi connectivity index (χ1n) is 6.64. The molecule has 0 spiro atoms. The second-order valence-electron chi connectivity index (χ2n) is 4.79. The molecule has 0 aliphatic heterocycles. The number of aliphatic carboxylic acids is 1. The molecule has 6 nitrogen and oxygen atoms in total. The van der Waals surface area contributed by atoms with Crippen molar-refractivity contribution in [2.45, 2.75) is 39.2 Å². The molecule has 20 heavy (non-hydrogen) atoms. The molecule has 0 saturated carbocycles. The van der Waals surface area contributed by atoms with Gasteiger partial charge in [0.2, 0.25) is 0 Å². The van der Waals surface area contributed by atoms with E-state index in [1.165, 1.54) is 6.20 Å². The van der Waals surface area contributed by atoms with Crippen LogP contribution in [0.4, 0.5) is 10.5 Å². The van der Waals surface area contributed by atoms with Crippen LogP contribution < -0.4 is 5.32 Å². The summed E-state index contributed by atoms with van der Waals surface area (Å²) in [4.78, 5) is 28.2. The Morgan fingerprint density at radius 1 is 1.45 bits per heavy atom. The van der Waals surface area contributed by atoms with Crippen LogP contribution in [0.5, 0.6) is 0 Å². The molecule has 1 aromatic rings. The fraction of sp³-hybridized carbons (Fsp3) is 0.500. The minimum atomic E-state index is -0.928. The first-order chi connectivity index (χ1) is 9.43. The summed E-state index contributed by atoms with van der Waals surface area (Å²) < 4.78 is 0. The number of carbonyl (C=O) groups is 2. The van der Waals surface area contributed by atoms with Gasteiger partial charge in [-0.3, -0.25) is 9.78 Å². The molecule has 1 rings (SSSR count). The van der Waals surface area contributed by atoms with Gasteiger partial charge in [-0.05, 0) is 25.5 Å². The van der Waals surface area contributed by atoms with E-state index in [0.717, 1.165) is 12.8 Å².